The van der Waals surface area contributed by atoms with Crippen LogP contribution in [0.25, 0.3) is 0 Å². The van der Waals surface area contributed by atoms with Crippen LogP contribution in [0.5, 0.6) is 5.75 Å². The quantitative estimate of drug-likeness (QED) is 0.608. The zero-order valence-corrected chi connectivity index (χ0v) is 16.8. The van der Waals surface area contributed by atoms with Crippen molar-refractivity contribution < 1.29 is 34.4 Å². The lowest BCUT2D eigenvalue weighted by Crippen LogP contribution is -2.82. The van der Waals surface area contributed by atoms with E-state index in [2.05, 4.69) is 15.9 Å². The largest absolute Gasteiger partial charge is 0.475 e. The Hall–Kier alpha value is -1.26. The second-order valence-electron chi connectivity index (χ2n) is 6.20. The fourth-order valence-corrected chi connectivity index (χ4v) is 4.95. The molecule has 3 N–H and O–H groups in total. The highest BCUT2D eigenvalue weighted by Gasteiger charge is 2.75. The molecular formula is C17H19BrO7S. The Kier molecular flexibility index (Phi) is 5.70. The second-order valence-corrected chi connectivity index (χ2v) is 8.10. The van der Waals surface area contributed by atoms with Gasteiger partial charge in [0.25, 0.3) is 0 Å². The van der Waals surface area contributed by atoms with E-state index in [-0.39, 0.29) is 5.75 Å². The molecule has 1 aliphatic heterocycles. The van der Waals surface area contributed by atoms with Gasteiger partial charge in [0, 0.05) is 5.75 Å². The summed E-state index contributed by atoms with van der Waals surface area (Å²) in [5.74, 6) is -3.26. The molecule has 2 rings (SSSR count). The molecule has 4 atom stereocenters. The number of halogens is 1. The zero-order chi connectivity index (χ0) is 19.9. The first-order chi connectivity index (χ1) is 11.9. The van der Waals surface area contributed by atoms with Gasteiger partial charge in [0.2, 0.25) is 5.60 Å². The molecule has 1 heterocycles. The molecule has 0 spiro atoms. The topological polar surface area (TPSA) is 121 Å². The van der Waals surface area contributed by atoms with Gasteiger partial charge in [0.05, 0.1) is 4.47 Å². The Balaban J connectivity index is 2.64. The summed E-state index contributed by atoms with van der Waals surface area (Å²) in [5, 5.41) is 32.9. The van der Waals surface area contributed by atoms with E-state index in [0.717, 1.165) is 32.5 Å². The number of hydrogen-bond donors (Lipinski definition) is 3. The Labute approximate surface area is 162 Å². The highest BCUT2D eigenvalue weighted by atomic mass is 79.9. The van der Waals surface area contributed by atoms with Gasteiger partial charge in [-0.1, -0.05) is 12.1 Å². The Bertz CT molecular complexity index is 769. The van der Waals surface area contributed by atoms with Crippen LogP contribution in [0, 0.1) is 0 Å². The minimum Gasteiger partial charge on any atom is -0.475 e. The van der Waals surface area contributed by atoms with Gasteiger partial charge >= 0.3 is 0 Å². The summed E-state index contributed by atoms with van der Waals surface area (Å²) in [6.45, 7) is 2.83. The maximum Gasteiger partial charge on any atom is 0.208 e. The number of hydrogen-bond acceptors (Lipinski definition) is 8. The van der Waals surface area contributed by atoms with Crippen molar-refractivity contribution in [3.63, 3.8) is 0 Å². The molecule has 1 aliphatic rings. The molecule has 1 aromatic rings. The highest BCUT2D eigenvalue weighted by Crippen LogP contribution is 2.49. The van der Waals surface area contributed by atoms with Crippen LogP contribution in [0.3, 0.4) is 0 Å². The van der Waals surface area contributed by atoms with Crippen molar-refractivity contribution in [2.24, 2.45) is 0 Å². The van der Waals surface area contributed by atoms with Gasteiger partial charge in [0.15, 0.2) is 34.0 Å². The Morgan fingerprint density at radius 3 is 2.12 bits per heavy atom. The first kappa shape index (κ1) is 21.0. The third kappa shape index (κ3) is 2.82. The standard InChI is InChI=1S/C17H19BrO7S/c1-9(19)15(22)8-26-14(25-13-7-5-4-6-12(13)18)16(23,10(2)20)17(15,24)11(3)21/h4-7,14,22-24H,8H2,1-3H3/t14-,15-,16-,17-/m0/s1. The average Bonchev–Trinajstić information content (AvgIpc) is 2.56. The minimum atomic E-state index is -3.06. The van der Waals surface area contributed by atoms with Crippen LogP contribution in [0.2, 0.25) is 0 Å². The molecule has 0 unspecified atom stereocenters. The summed E-state index contributed by atoms with van der Waals surface area (Å²) < 4.78 is 6.21. The van der Waals surface area contributed by atoms with Crippen LogP contribution in [-0.4, -0.2) is 60.7 Å². The third-order valence-electron chi connectivity index (χ3n) is 4.63. The monoisotopic (exact) mass is 446 g/mol. The summed E-state index contributed by atoms with van der Waals surface area (Å²) in [6, 6.07) is 6.61. The highest BCUT2D eigenvalue weighted by molar-refractivity contribution is 9.10. The van der Waals surface area contributed by atoms with Crippen molar-refractivity contribution >= 4 is 45.0 Å². The summed E-state index contributed by atoms with van der Waals surface area (Å²) in [5.41, 5.74) is -9.99. The molecule has 0 radical (unpaired) electrons. The van der Waals surface area contributed by atoms with Crippen LogP contribution in [0.15, 0.2) is 28.7 Å². The van der Waals surface area contributed by atoms with Crippen LogP contribution < -0.4 is 4.74 Å². The van der Waals surface area contributed by atoms with Crippen molar-refractivity contribution in [3.05, 3.63) is 28.7 Å². The van der Waals surface area contributed by atoms with E-state index in [1.807, 2.05) is 0 Å². The van der Waals surface area contributed by atoms with Gasteiger partial charge in [-0.2, -0.15) is 0 Å². The van der Waals surface area contributed by atoms with Crippen LogP contribution in [-0.2, 0) is 14.4 Å². The van der Waals surface area contributed by atoms with E-state index in [4.69, 9.17) is 4.74 Å². The lowest BCUT2D eigenvalue weighted by Gasteiger charge is -2.54. The van der Waals surface area contributed by atoms with Crippen molar-refractivity contribution in [2.45, 2.75) is 43.0 Å². The number of carbonyl (C=O) groups excluding carboxylic acids is 3. The molecule has 1 saturated heterocycles. The molecule has 9 heteroatoms. The third-order valence-corrected chi connectivity index (χ3v) is 6.61. The number of para-hydroxylation sites is 1. The fraction of sp³-hybridized carbons (Fsp3) is 0.471. The van der Waals surface area contributed by atoms with Gasteiger partial charge in [-0.25, -0.2) is 0 Å². The van der Waals surface area contributed by atoms with Crippen molar-refractivity contribution in [3.8, 4) is 5.75 Å². The number of rotatable bonds is 5. The van der Waals surface area contributed by atoms with Crippen molar-refractivity contribution in [1.82, 2.24) is 0 Å². The van der Waals surface area contributed by atoms with Crippen LogP contribution in [0.4, 0.5) is 0 Å². The Morgan fingerprint density at radius 1 is 1.08 bits per heavy atom. The van der Waals surface area contributed by atoms with Crippen molar-refractivity contribution in [1.29, 1.82) is 0 Å². The molecule has 0 aliphatic carbocycles. The maximum atomic E-state index is 12.3. The van der Waals surface area contributed by atoms with E-state index >= 15 is 0 Å². The molecule has 0 bridgehead atoms. The maximum absolute atomic E-state index is 12.3. The molecule has 7 nitrogen and oxygen atoms in total. The second kappa shape index (κ2) is 7.05. The van der Waals surface area contributed by atoms with E-state index < -0.39 is 45.3 Å². The number of thioether (sulfide) groups is 1. The smallest absolute Gasteiger partial charge is 0.208 e. The number of ether oxygens (including phenoxy) is 1. The van der Waals surface area contributed by atoms with Crippen LogP contribution in [0.1, 0.15) is 20.8 Å². The van der Waals surface area contributed by atoms with E-state index in [9.17, 15) is 29.7 Å². The Morgan fingerprint density at radius 2 is 1.65 bits per heavy atom. The summed E-state index contributed by atoms with van der Waals surface area (Å²) >= 11 is 4.03. The van der Waals surface area contributed by atoms with Crippen molar-refractivity contribution in [2.75, 3.05) is 5.75 Å². The molecule has 0 amide bonds. The van der Waals surface area contributed by atoms with E-state index in [1.54, 1.807) is 24.3 Å². The summed E-state index contributed by atoms with van der Waals surface area (Å²) in [7, 11) is 0. The number of Topliss-reactive ketones (excluding diaryl/α,β-unsaturated/α-hetero) is 3. The molecule has 26 heavy (non-hydrogen) atoms. The van der Waals surface area contributed by atoms with Gasteiger partial charge in [-0.15, -0.1) is 11.8 Å². The molecule has 1 fully saturated rings. The summed E-state index contributed by atoms with van der Waals surface area (Å²) in [4.78, 5) is 36.6. The van der Waals surface area contributed by atoms with Gasteiger partial charge in [-0.05, 0) is 48.8 Å². The van der Waals surface area contributed by atoms with Crippen LogP contribution >= 0.6 is 27.7 Å². The number of benzene rings is 1. The minimum absolute atomic E-state index is 0.254. The average molecular weight is 447 g/mol. The predicted molar refractivity (Wildman–Crippen MR) is 97.9 cm³/mol. The van der Waals surface area contributed by atoms with E-state index in [1.165, 1.54) is 0 Å². The molecular weight excluding hydrogens is 428 g/mol. The number of carbonyl (C=O) groups is 3. The first-order valence-corrected chi connectivity index (χ1v) is 9.50. The van der Waals surface area contributed by atoms with E-state index in [0.29, 0.717) is 4.47 Å². The SMILES string of the molecule is CC(=O)[C@]1(O)[C@@](O)(C(C)=O)CS[C@H](Oc2ccccc2Br)[C@@]1(O)C(C)=O. The lowest BCUT2D eigenvalue weighted by molar-refractivity contribution is -0.236. The molecule has 0 saturated carbocycles. The molecule has 142 valence electrons. The zero-order valence-electron chi connectivity index (χ0n) is 14.4. The fourth-order valence-electron chi connectivity index (χ4n) is 3.02. The van der Waals surface area contributed by atoms with Gasteiger partial charge in [0.1, 0.15) is 5.75 Å². The lowest BCUT2D eigenvalue weighted by atomic mass is 9.65. The summed E-state index contributed by atoms with van der Waals surface area (Å²) in [6.07, 6.45) is 0. The molecule has 1 aromatic carbocycles. The van der Waals surface area contributed by atoms with Gasteiger partial charge in [-0.3, -0.25) is 14.4 Å². The number of ketones is 3. The van der Waals surface area contributed by atoms with Gasteiger partial charge < -0.3 is 20.1 Å². The normalized spacial score (nSPS) is 34.2. The first-order valence-electron chi connectivity index (χ1n) is 7.66. The predicted octanol–water partition coefficient (Wildman–Crippen LogP) is 0.861. The number of aliphatic hydroxyl groups is 3. The molecule has 0 aromatic heterocycles.